The average Bonchev–Trinajstić information content (AvgIpc) is 3.09. The molecule has 0 radical (unpaired) electrons. The van der Waals surface area contributed by atoms with Crippen molar-refractivity contribution in [2.45, 2.75) is 45.2 Å². The molecule has 7 nitrogen and oxygen atoms in total. The van der Waals surface area contributed by atoms with Gasteiger partial charge in [-0.2, -0.15) is 0 Å². The maximum absolute atomic E-state index is 13.8. The van der Waals surface area contributed by atoms with Crippen LogP contribution in [0.3, 0.4) is 0 Å². The summed E-state index contributed by atoms with van der Waals surface area (Å²) in [4.78, 5) is 32.9. The molecular formula is C29H35N3O4. The van der Waals surface area contributed by atoms with Crippen LogP contribution in [0.5, 0.6) is 11.5 Å². The van der Waals surface area contributed by atoms with Gasteiger partial charge < -0.3 is 19.3 Å². The van der Waals surface area contributed by atoms with E-state index in [4.69, 9.17) is 9.47 Å². The number of hydrogen-bond donors (Lipinski definition) is 0. The van der Waals surface area contributed by atoms with Gasteiger partial charge in [-0.25, -0.2) is 4.79 Å². The average molecular weight is 490 g/mol. The highest BCUT2D eigenvalue weighted by molar-refractivity contribution is 5.94. The molecule has 7 heteroatoms. The van der Waals surface area contributed by atoms with E-state index in [-0.39, 0.29) is 17.9 Å². The number of likely N-dealkylation sites (tertiary alicyclic amines) is 1. The Hall–Kier alpha value is -3.48. The summed E-state index contributed by atoms with van der Waals surface area (Å²) >= 11 is 0. The van der Waals surface area contributed by atoms with Crippen LogP contribution >= 0.6 is 0 Å². The molecule has 2 fully saturated rings. The van der Waals surface area contributed by atoms with E-state index >= 15 is 0 Å². The van der Waals surface area contributed by atoms with E-state index in [0.717, 1.165) is 47.6 Å². The number of benzene rings is 2. The Morgan fingerprint density at radius 2 is 1.81 bits per heavy atom. The van der Waals surface area contributed by atoms with Crippen molar-refractivity contribution in [1.82, 2.24) is 14.7 Å². The van der Waals surface area contributed by atoms with Crippen molar-refractivity contribution in [2.75, 3.05) is 33.9 Å². The number of rotatable bonds is 4. The minimum Gasteiger partial charge on any atom is -0.497 e. The van der Waals surface area contributed by atoms with E-state index < -0.39 is 5.54 Å². The van der Waals surface area contributed by atoms with Crippen LogP contribution in [0.1, 0.15) is 48.2 Å². The molecule has 36 heavy (non-hydrogen) atoms. The first kappa shape index (κ1) is 24.2. The second-order valence-electron chi connectivity index (χ2n) is 10.0. The largest absolute Gasteiger partial charge is 0.497 e. The predicted octanol–water partition coefficient (Wildman–Crippen LogP) is 4.71. The summed E-state index contributed by atoms with van der Waals surface area (Å²) < 4.78 is 11.2. The second-order valence-corrected chi connectivity index (χ2v) is 10.0. The minimum absolute atomic E-state index is 0.0356. The fourth-order valence-corrected chi connectivity index (χ4v) is 6.19. The molecule has 1 unspecified atom stereocenters. The first-order valence-electron chi connectivity index (χ1n) is 12.8. The lowest BCUT2D eigenvalue weighted by molar-refractivity contribution is 0.0575. The van der Waals surface area contributed by atoms with Crippen molar-refractivity contribution in [2.24, 2.45) is 5.92 Å². The van der Waals surface area contributed by atoms with E-state index in [0.29, 0.717) is 31.7 Å². The molecule has 3 heterocycles. The van der Waals surface area contributed by atoms with Gasteiger partial charge in [0.15, 0.2) is 0 Å². The maximum Gasteiger partial charge on any atom is 0.325 e. The van der Waals surface area contributed by atoms with Crippen LogP contribution in [0, 0.1) is 5.92 Å². The van der Waals surface area contributed by atoms with Gasteiger partial charge in [0.2, 0.25) is 0 Å². The number of carbonyl (C=O) groups excluding carboxylic acids is 2. The fourth-order valence-electron chi connectivity index (χ4n) is 6.19. The van der Waals surface area contributed by atoms with E-state index in [2.05, 4.69) is 13.0 Å². The number of amides is 3. The Kier molecular flexibility index (Phi) is 6.41. The van der Waals surface area contributed by atoms with Crippen LogP contribution < -0.4 is 9.47 Å². The number of fused-ring (bicyclic) bond motifs is 3. The molecule has 5 rings (SSSR count). The second kappa shape index (κ2) is 9.52. The standard InChI is InChI=1S/C29H35N3O4/c1-5-32-28(34)31-19-22-17-23(35-3)18-25(36-4)24(22)15-20(2)16-26(31)29(32)11-13-30(14-12-29)27(33)21-9-7-6-8-10-21/h6-10,16-18,20H,5,11-15,19H2,1-4H3. The van der Waals surface area contributed by atoms with Gasteiger partial charge in [-0.15, -0.1) is 0 Å². The van der Waals surface area contributed by atoms with Crippen molar-refractivity contribution in [1.29, 1.82) is 0 Å². The summed E-state index contributed by atoms with van der Waals surface area (Å²) in [7, 11) is 3.33. The summed E-state index contributed by atoms with van der Waals surface area (Å²) in [6.07, 6.45) is 4.58. The third-order valence-electron chi connectivity index (χ3n) is 7.99. The Balaban J connectivity index is 1.48. The van der Waals surface area contributed by atoms with Gasteiger partial charge >= 0.3 is 6.03 Å². The monoisotopic (exact) mass is 489 g/mol. The molecule has 0 saturated carbocycles. The van der Waals surface area contributed by atoms with Crippen molar-refractivity contribution in [3.8, 4) is 11.5 Å². The van der Waals surface area contributed by atoms with Crippen LogP contribution in [-0.2, 0) is 13.0 Å². The first-order chi connectivity index (χ1) is 17.4. The Morgan fingerprint density at radius 1 is 1.08 bits per heavy atom. The molecule has 2 saturated heterocycles. The summed E-state index contributed by atoms with van der Waals surface area (Å²) in [5, 5.41) is 0. The van der Waals surface area contributed by atoms with E-state index in [1.165, 1.54) is 0 Å². The molecule has 0 aliphatic carbocycles. The number of hydrogen-bond acceptors (Lipinski definition) is 4. The number of ether oxygens (including phenoxy) is 2. The Labute approximate surface area is 213 Å². The van der Waals surface area contributed by atoms with Gasteiger partial charge in [-0.05, 0) is 61.4 Å². The lowest BCUT2D eigenvalue weighted by Gasteiger charge is -2.44. The highest BCUT2D eigenvalue weighted by Gasteiger charge is 2.54. The maximum atomic E-state index is 13.8. The molecule has 1 spiro atoms. The van der Waals surface area contributed by atoms with Crippen LogP contribution in [0.15, 0.2) is 54.2 Å². The third-order valence-corrected chi connectivity index (χ3v) is 7.99. The number of urea groups is 1. The number of likely N-dealkylation sites (N-methyl/N-ethyl adjacent to an activating group) is 1. The van der Waals surface area contributed by atoms with Gasteiger partial charge in [0.25, 0.3) is 5.91 Å². The molecule has 3 aliphatic heterocycles. The Morgan fingerprint density at radius 3 is 2.44 bits per heavy atom. The SMILES string of the molecule is CCN1C(=O)N2Cc3cc(OC)cc(OC)c3CC(C)C=C2C12CCN(C(=O)c1ccccc1)CC2. The zero-order valence-electron chi connectivity index (χ0n) is 21.6. The number of nitrogens with zero attached hydrogens (tertiary/aromatic N) is 3. The van der Waals surface area contributed by atoms with E-state index in [9.17, 15) is 9.59 Å². The summed E-state index contributed by atoms with van der Waals surface area (Å²) in [6.45, 7) is 6.59. The smallest absolute Gasteiger partial charge is 0.325 e. The van der Waals surface area contributed by atoms with Crippen molar-refractivity contribution >= 4 is 11.9 Å². The van der Waals surface area contributed by atoms with Crippen molar-refractivity contribution in [3.05, 3.63) is 70.9 Å². The normalized spacial score (nSPS) is 20.9. The van der Waals surface area contributed by atoms with E-state index in [1.54, 1.807) is 14.2 Å². The first-order valence-corrected chi connectivity index (χ1v) is 12.8. The molecule has 2 aromatic carbocycles. The highest BCUT2D eigenvalue weighted by atomic mass is 16.5. The lowest BCUT2D eigenvalue weighted by atomic mass is 9.80. The molecule has 0 bridgehead atoms. The fraction of sp³-hybridized carbons (Fsp3) is 0.448. The molecular weight excluding hydrogens is 454 g/mol. The lowest BCUT2D eigenvalue weighted by Crippen LogP contribution is -2.54. The topological polar surface area (TPSA) is 62.3 Å². The van der Waals surface area contributed by atoms with Gasteiger partial charge in [0, 0.05) is 37.0 Å². The van der Waals surface area contributed by atoms with Crippen LogP contribution in [0.4, 0.5) is 4.79 Å². The number of methoxy groups -OCH3 is 2. The minimum atomic E-state index is -0.395. The molecule has 190 valence electrons. The van der Waals surface area contributed by atoms with Gasteiger partial charge in [-0.1, -0.05) is 31.2 Å². The van der Waals surface area contributed by atoms with Gasteiger partial charge in [0.05, 0.1) is 26.3 Å². The van der Waals surface area contributed by atoms with Crippen LogP contribution in [0.25, 0.3) is 0 Å². The van der Waals surface area contributed by atoms with E-state index in [1.807, 2.05) is 64.1 Å². The molecule has 3 aliphatic rings. The zero-order valence-corrected chi connectivity index (χ0v) is 21.6. The third kappa shape index (κ3) is 3.91. The molecule has 2 aromatic rings. The predicted molar refractivity (Wildman–Crippen MR) is 138 cm³/mol. The summed E-state index contributed by atoms with van der Waals surface area (Å²) in [6, 6.07) is 13.4. The summed E-state index contributed by atoms with van der Waals surface area (Å²) in [5.74, 6) is 1.80. The van der Waals surface area contributed by atoms with Crippen LogP contribution in [-0.4, -0.2) is 66.0 Å². The zero-order chi connectivity index (χ0) is 25.4. The van der Waals surface area contributed by atoms with Gasteiger partial charge in [0.1, 0.15) is 11.5 Å². The highest BCUT2D eigenvalue weighted by Crippen LogP contribution is 2.47. The summed E-state index contributed by atoms with van der Waals surface area (Å²) in [5.41, 5.74) is 3.58. The molecule has 1 atom stereocenters. The number of allylic oxidation sites excluding steroid dienone is 1. The van der Waals surface area contributed by atoms with Crippen molar-refractivity contribution < 1.29 is 19.1 Å². The Bertz CT molecular complexity index is 1180. The van der Waals surface area contributed by atoms with Crippen LogP contribution in [0.2, 0.25) is 0 Å². The quantitative estimate of drug-likeness (QED) is 0.624. The molecule has 0 aromatic heterocycles. The number of carbonyl (C=O) groups is 2. The number of piperidine rings is 1. The molecule has 3 amide bonds. The van der Waals surface area contributed by atoms with Crippen molar-refractivity contribution in [3.63, 3.8) is 0 Å². The van der Waals surface area contributed by atoms with Gasteiger partial charge in [-0.3, -0.25) is 9.69 Å². The molecule has 0 N–H and O–H groups in total.